The van der Waals surface area contributed by atoms with Crippen LogP contribution in [0, 0.1) is 6.92 Å². The van der Waals surface area contributed by atoms with Gasteiger partial charge in [0.05, 0.1) is 0 Å². The number of aromatic nitrogens is 2. The molecule has 1 aliphatic heterocycles. The van der Waals surface area contributed by atoms with Gasteiger partial charge >= 0.3 is 231 Å². The van der Waals surface area contributed by atoms with E-state index >= 15 is 0 Å². The van der Waals surface area contributed by atoms with E-state index < -0.39 is 53.8 Å². The number of hydrogen-bond acceptors (Lipinski definition) is 5. The Morgan fingerprint density at radius 2 is 1.66 bits per heavy atom. The number of ether oxygens (including phenoxy) is 2. The fraction of sp³-hybridized carbons (Fsp3) is 0.567. The maximum absolute atomic E-state index is 13.1. The van der Waals surface area contributed by atoms with Gasteiger partial charge in [-0.1, -0.05) is 0 Å². The van der Waals surface area contributed by atoms with E-state index in [0.29, 0.717) is 11.1 Å². The first-order valence-electron chi connectivity index (χ1n) is 14.2. The molecule has 38 heavy (non-hydrogen) atoms. The van der Waals surface area contributed by atoms with Gasteiger partial charge in [-0.15, -0.1) is 0 Å². The van der Waals surface area contributed by atoms with E-state index in [4.69, 9.17) is 9.47 Å². The van der Waals surface area contributed by atoms with Crippen molar-refractivity contribution >= 4 is 24.3 Å². The Morgan fingerprint density at radius 3 is 2.24 bits per heavy atom. The third kappa shape index (κ3) is 7.94. The van der Waals surface area contributed by atoms with Gasteiger partial charge in [0.25, 0.3) is 0 Å². The molecule has 208 valence electrons. The van der Waals surface area contributed by atoms with Crippen molar-refractivity contribution in [3.8, 4) is 0 Å². The fourth-order valence-corrected chi connectivity index (χ4v) is 19.6. The second-order valence-electron chi connectivity index (χ2n) is 10.6. The van der Waals surface area contributed by atoms with Crippen molar-refractivity contribution in [1.82, 2.24) is 9.55 Å². The molecule has 0 spiro atoms. The van der Waals surface area contributed by atoms with Gasteiger partial charge < -0.3 is 0 Å². The Labute approximate surface area is 230 Å². The van der Waals surface area contributed by atoms with E-state index in [1.54, 1.807) is 31.2 Å². The maximum atomic E-state index is 13.1. The Morgan fingerprint density at radius 1 is 1.05 bits per heavy atom. The minimum atomic E-state index is -2.62. The van der Waals surface area contributed by atoms with Gasteiger partial charge in [-0.25, -0.2) is 0 Å². The minimum absolute atomic E-state index is 0.217. The van der Waals surface area contributed by atoms with Crippen molar-refractivity contribution in [2.45, 2.75) is 97.8 Å². The van der Waals surface area contributed by atoms with Crippen LogP contribution in [0.1, 0.15) is 81.3 Å². The molecule has 0 radical (unpaired) electrons. The average molecular weight is 631 g/mol. The number of carbonyl (C=O) groups is 1. The first-order valence-corrected chi connectivity index (χ1v) is 21.9. The summed E-state index contributed by atoms with van der Waals surface area (Å²) in [4.78, 5) is 40.3. The van der Waals surface area contributed by atoms with Gasteiger partial charge in [0, 0.05) is 0 Å². The van der Waals surface area contributed by atoms with Crippen LogP contribution in [0.25, 0.3) is 0 Å². The van der Waals surface area contributed by atoms with Crippen molar-refractivity contribution in [1.29, 1.82) is 0 Å². The summed E-state index contributed by atoms with van der Waals surface area (Å²) in [7, 11) is 0. The van der Waals surface area contributed by atoms with Gasteiger partial charge in [0.1, 0.15) is 0 Å². The van der Waals surface area contributed by atoms with Gasteiger partial charge in [0.2, 0.25) is 0 Å². The summed E-state index contributed by atoms with van der Waals surface area (Å²) in [6, 6.07) is 8.34. The van der Waals surface area contributed by atoms with Crippen molar-refractivity contribution in [3.05, 3.63) is 78.7 Å². The third-order valence-corrected chi connectivity index (χ3v) is 21.8. The van der Waals surface area contributed by atoms with E-state index in [9.17, 15) is 14.4 Å². The third-order valence-electron chi connectivity index (χ3n) is 7.64. The molecule has 1 aromatic carbocycles. The quantitative estimate of drug-likeness (QED) is 0.206. The number of carbonyl (C=O) groups excluding carboxylic acids is 1. The number of aryl methyl sites for hydroxylation is 1. The van der Waals surface area contributed by atoms with Gasteiger partial charge in [0.15, 0.2) is 0 Å². The van der Waals surface area contributed by atoms with Crippen LogP contribution in [0.4, 0.5) is 0 Å². The zero-order chi connectivity index (χ0) is 27.5. The van der Waals surface area contributed by atoms with Gasteiger partial charge in [-0.3, -0.25) is 0 Å². The Kier molecular flexibility index (Phi) is 11.9. The predicted octanol–water partition coefficient (Wildman–Crippen LogP) is 5.96. The number of hydrogen-bond donors (Lipinski definition) is 1. The molecular formula is C30H44N2O5Sn. The molecule has 0 bridgehead atoms. The van der Waals surface area contributed by atoms with Crippen molar-refractivity contribution in [2.24, 2.45) is 0 Å². The number of esters is 1. The zero-order valence-electron chi connectivity index (χ0n) is 23.4. The average Bonchev–Trinajstić information content (AvgIpc) is 3.32. The van der Waals surface area contributed by atoms with E-state index in [-0.39, 0.29) is 6.61 Å². The van der Waals surface area contributed by atoms with Crippen LogP contribution in [0.3, 0.4) is 0 Å². The summed E-state index contributed by atoms with van der Waals surface area (Å²) in [6.07, 6.45) is 9.89. The molecule has 1 fully saturated rings. The summed E-state index contributed by atoms with van der Waals surface area (Å²) in [6.45, 7) is 8.65. The molecule has 1 saturated heterocycles. The molecule has 3 atom stereocenters. The first-order chi connectivity index (χ1) is 18.3. The molecule has 7 nitrogen and oxygen atoms in total. The molecule has 0 aliphatic carbocycles. The van der Waals surface area contributed by atoms with Crippen LogP contribution < -0.4 is 11.2 Å². The normalized spacial score (nSPS) is 19.7. The summed E-state index contributed by atoms with van der Waals surface area (Å²) in [5, 5.41) is 0. The number of nitrogens with one attached hydrogen (secondary N) is 1. The van der Waals surface area contributed by atoms with E-state index in [1.807, 2.05) is 6.07 Å². The van der Waals surface area contributed by atoms with Gasteiger partial charge in [-0.2, -0.15) is 0 Å². The molecule has 2 aromatic rings. The van der Waals surface area contributed by atoms with Crippen LogP contribution in [-0.2, 0) is 9.47 Å². The monoisotopic (exact) mass is 632 g/mol. The van der Waals surface area contributed by atoms with Crippen molar-refractivity contribution in [2.75, 3.05) is 6.61 Å². The SMILES string of the molecule is CCC[CH2][Sn](/[CH]=C/[C@@H]1OC[C@H](n2cc(C)c(=O)[nH]c2=O)[C@H]1OC(=O)c1ccccc1)([CH2]CCC)[CH2]CCC. The van der Waals surface area contributed by atoms with E-state index in [0.717, 1.165) is 0 Å². The number of unbranched alkanes of at least 4 members (excludes halogenated alkanes) is 3. The Bertz CT molecular complexity index is 1150. The molecule has 0 saturated carbocycles. The summed E-state index contributed by atoms with van der Waals surface area (Å²) >= 11 is -2.62. The molecule has 1 aromatic heterocycles. The van der Waals surface area contributed by atoms with Crippen LogP contribution in [0.15, 0.2) is 56.3 Å². The second kappa shape index (κ2) is 14.9. The van der Waals surface area contributed by atoms with Crippen molar-refractivity contribution in [3.63, 3.8) is 0 Å². The standard InChI is InChI=1S/C18H17N2O5.3C4H9.Sn/c1-3-14-15(25-17(22)12-7-5-4-6-8-12)13(10-24-14)20-9-11(2)16(21)19-18(20)23;3*1-3-4-2;/h1,3-9,13-15H,10H2,2H3,(H,19,21,23);3*1,3-4H2,2H3;/t13-,14-,15+;;;;/m0..../s1. The molecule has 3 rings (SSSR count). The van der Waals surface area contributed by atoms with Crippen LogP contribution in [0.2, 0.25) is 13.3 Å². The second-order valence-corrected chi connectivity index (χ2v) is 23.6. The van der Waals surface area contributed by atoms with Crippen LogP contribution >= 0.6 is 0 Å². The molecule has 1 aliphatic rings. The Hall–Kier alpha value is -2.13. The Balaban J connectivity index is 1.97. The number of benzene rings is 1. The molecular weight excluding hydrogens is 587 g/mol. The molecule has 2 heterocycles. The zero-order valence-corrected chi connectivity index (χ0v) is 26.3. The molecule has 1 N–H and O–H groups in total. The number of rotatable bonds is 14. The van der Waals surface area contributed by atoms with Gasteiger partial charge in [-0.05, 0) is 0 Å². The first kappa shape index (κ1) is 30.4. The fourth-order valence-electron chi connectivity index (χ4n) is 5.28. The predicted molar refractivity (Wildman–Crippen MR) is 155 cm³/mol. The number of aromatic amines is 1. The summed E-state index contributed by atoms with van der Waals surface area (Å²) in [5.74, 6) is -0.448. The van der Waals surface area contributed by atoms with Crippen LogP contribution in [0.5, 0.6) is 0 Å². The van der Waals surface area contributed by atoms with Crippen molar-refractivity contribution < 1.29 is 14.3 Å². The topological polar surface area (TPSA) is 90.4 Å². The molecule has 0 unspecified atom stereocenters. The van der Waals surface area contributed by atoms with E-state index in [1.165, 1.54) is 62.6 Å². The van der Waals surface area contributed by atoms with Crippen LogP contribution in [-0.4, -0.2) is 52.7 Å². The summed E-state index contributed by atoms with van der Waals surface area (Å²) in [5.41, 5.74) is -0.0677. The molecule has 8 heteroatoms. The molecule has 0 amide bonds. The number of H-pyrrole nitrogens is 1. The van der Waals surface area contributed by atoms with E-state index in [2.05, 4.69) is 35.9 Å². The summed E-state index contributed by atoms with van der Waals surface area (Å²) < 4.78 is 20.2. The number of nitrogens with zero attached hydrogens (tertiary/aromatic N) is 1.